The molecular weight excluding hydrogens is 812 g/mol. The first-order valence-corrected chi connectivity index (χ1v) is 19.5. The van der Waals surface area contributed by atoms with E-state index in [0.29, 0.717) is 15.6 Å². The number of hydrazine groups is 1. The van der Waals surface area contributed by atoms with Crippen LogP contribution in [0.15, 0.2) is 18.2 Å². The molecule has 1 aromatic carbocycles. The highest BCUT2D eigenvalue weighted by Crippen LogP contribution is 2.28. The molecule has 21 heteroatoms. The Balaban J connectivity index is 2.54. The minimum absolute atomic E-state index is 0.0143. The van der Waals surface area contributed by atoms with E-state index >= 15 is 0 Å². The number of hydrogen-bond acceptors (Lipinski definition) is 12. The number of anilines is 1. The van der Waals surface area contributed by atoms with Crippen LogP contribution in [0.3, 0.4) is 0 Å². The molecule has 0 saturated heterocycles. The first-order chi connectivity index (χ1) is 28.8. The Bertz CT molecular complexity index is 2000. The molecule has 0 fully saturated rings. The Morgan fingerprint density at radius 1 is 0.823 bits per heavy atom. The first kappa shape index (κ1) is 51.0. The number of hydrogen-bond donors (Lipinski definition) is 7. The van der Waals surface area contributed by atoms with E-state index in [1.165, 1.54) is 52.8 Å². The Kier molecular flexibility index (Phi) is 18.9. The Labute approximate surface area is 359 Å². The zero-order chi connectivity index (χ0) is 47.1. The van der Waals surface area contributed by atoms with Crippen molar-refractivity contribution in [2.45, 2.75) is 117 Å². The molecule has 8 amide bonds. The standard InChI is InChI=1S/C41H54N8O13/c1-11-33(52)48-17-15-31(50)42-23(4)35(54)44-25(6)37(56)47-29-21-27(20-28(19-22(3)38(57)58)46-40(60)62-41(8,9)10)13-14-30(29)61-39(59)26(7)45-36(55)24(5)43-32(51)16-18-49(48)34(53)12-2/h1-2,13-14,21-26,28H,15-20H2,3-10H3,(H,42,50)(H,43,51)(H,44,54)(H,45,55)(H,46,60)(H,47,56)(H,57,58)/t22?,23?,24?,25?,26?,28-/m1/s1. The molecule has 1 aliphatic heterocycles. The van der Waals surface area contributed by atoms with Crippen LogP contribution < -0.4 is 36.6 Å². The van der Waals surface area contributed by atoms with E-state index in [0.717, 1.165) is 0 Å². The van der Waals surface area contributed by atoms with Crippen LogP contribution in [-0.4, -0.2) is 123 Å². The number of nitrogens with one attached hydrogen (secondary N) is 6. The van der Waals surface area contributed by atoms with Gasteiger partial charge in [-0.2, -0.15) is 0 Å². The van der Waals surface area contributed by atoms with Crippen LogP contribution in [-0.2, 0) is 54.3 Å². The van der Waals surface area contributed by atoms with Gasteiger partial charge in [-0.1, -0.05) is 13.0 Å². The lowest BCUT2D eigenvalue weighted by Gasteiger charge is -2.32. The number of alkyl carbamates (subject to hydrolysis) is 1. The largest absolute Gasteiger partial charge is 0.481 e. The third-order valence-electron chi connectivity index (χ3n) is 8.89. The lowest BCUT2D eigenvalue weighted by Crippen LogP contribution is -2.53. The van der Waals surface area contributed by atoms with Crippen molar-refractivity contribution in [2.24, 2.45) is 5.92 Å². The minimum Gasteiger partial charge on any atom is -0.481 e. The quantitative estimate of drug-likeness (QED) is 0.110. The molecule has 0 aliphatic carbocycles. The third kappa shape index (κ3) is 16.5. The number of fused-ring (bicyclic) bond motifs is 1. The van der Waals surface area contributed by atoms with E-state index in [9.17, 15) is 53.1 Å². The SMILES string of the molecule is C#CC(=O)N1CCC(=O)NC(C)C(=O)NC(C)C(=O)Nc2cc(C[C@@H](CC(C)C(=O)O)NC(=O)OC(C)(C)C)ccc2OC(=O)C(C)NC(=O)C(C)NC(=O)CCN1C(=O)C#C. The van der Waals surface area contributed by atoms with Crippen LogP contribution in [0.5, 0.6) is 5.75 Å². The van der Waals surface area contributed by atoms with Gasteiger partial charge in [0.05, 0.1) is 24.7 Å². The zero-order valence-corrected chi connectivity index (χ0v) is 35.8. The summed E-state index contributed by atoms with van der Waals surface area (Å²) in [6.45, 7) is 10.6. The van der Waals surface area contributed by atoms with Gasteiger partial charge in [-0.05, 0) is 90.8 Å². The lowest BCUT2D eigenvalue weighted by atomic mass is 9.96. The summed E-state index contributed by atoms with van der Waals surface area (Å²) in [5, 5.41) is 25.9. The third-order valence-corrected chi connectivity index (χ3v) is 8.89. The molecule has 336 valence electrons. The van der Waals surface area contributed by atoms with Crippen molar-refractivity contribution < 1.29 is 62.5 Å². The van der Waals surface area contributed by atoms with Crippen LogP contribution in [0.4, 0.5) is 10.5 Å². The Morgan fingerprint density at radius 3 is 1.77 bits per heavy atom. The van der Waals surface area contributed by atoms with E-state index < -0.39 is 127 Å². The van der Waals surface area contributed by atoms with Gasteiger partial charge in [0.2, 0.25) is 29.5 Å². The number of carbonyl (C=O) groups excluding carboxylic acids is 9. The Hall–Kier alpha value is -7.16. The molecule has 0 aromatic heterocycles. The number of carboxylic acids is 1. The van der Waals surface area contributed by atoms with Gasteiger partial charge in [0, 0.05) is 18.9 Å². The fraction of sp³-hybridized carbons (Fsp3) is 0.512. The highest BCUT2D eigenvalue weighted by Gasteiger charge is 2.30. The van der Waals surface area contributed by atoms with Crippen LogP contribution in [0.2, 0.25) is 0 Å². The van der Waals surface area contributed by atoms with Gasteiger partial charge in [0.25, 0.3) is 0 Å². The van der Waals surface area contributed by atoms with E-state index in [1.54, 1.807) is 20.8 Å². The fourth-order valence-corrected chi connectivity index (χ4v) is 5.60. The van der Waals surface area contributed by atoms with Crippen molar-refractivity contribution in [3.63, 3.8) is 0 Å². The normalized spacial score (nSPS) is 21.2. The molecule has 0 saturated carbocycles. The number of carboxylic acid groups (broad SMARTS) is 1. The number of esters is 1. The van der Waals surface area contributed by atoms with Crippen LogP contribution >= 0.6 is 0 Å². The maximum absolute atomic E-state index is 13.5. The highest BCUT2D eigenvalue weighted by atomic mass is 16.6. The number of aliphatic carboxylic acids is 1. The molecule has 7 N–H and O–H groups in total. The zero-order valence-electron chi connectivity index (χ0n) is 35.8. The second-order valence-corrected chi connectivity index (χ2v) is 15.4. The minimum atomic E-state index is -1.34. The van der Waals surface area contributed by atoms with Crippen LogP contribution in [0.1, 0.15) is 80.2 Å². The molecule has 1 heterocycles. The molecule has 5 unspecified atom stereocenters. The molecule has 1 aromatic rings. The van der Waals surface area contributed by atoms with Crippen molar-refractivity contribution in [1.82, 2.24) is 36.6 Å². The summed E-state index contributed by atoms with van der Waals surface area (Å²) < 4.78 is 11.0. The molecule has 0 spiro atoms. The number of carbonyl (C=O) groups is 10. The van der Waals surface area contributed by atoms with Crippen LogP contribution in [0, 0.1) is 30.6 Å². The van der Waals surface area contributed by atoms with Crippen molar-refractivity contribution >= 4 is 65.1 Å². The molecular formula is C41H54N8O13. The second kappa shape index (κ2) is 23.0. The fourth-order valence-electron chi connectivity index (χ4n) is 5.60. The number of rotatable bonds is 6. The molecule has 0 radical (unpaired) electrons. The highest BCUT2D eigenvalue weighted by molar-refractivity contribution is 6.00. The molecule has 21 nitrogen and oxygen atoms in total. The summed E-state index contributed by atoms with van der Waals surface area (Å²) in [5.41, 5.74) is -0.524. The molecule has 6 atom stereocenters. The predicted molar refractivity (Wildman–Crippen MR) is 220 cm³/mol. The molecule has 62 heavy (non-hydrogen) atoms. The predicted octanol–water partition coefficient (Wildman–Crippen LogP) is -0.272. The maximum Gasteiger partial charge on any atom is 0.407 e. The van der Waals surface area contributed by atoms with Gasteiger partial charge < -0.3 is 46.5 Å². The van der Waals surface area contributed by atoms with E-state index in [1.807, 2.05) is 11.8 Å². The van der Waals surface area contributed by atoms with Gasteiger partial charge in [-0.15, -0.1) is 12.8 Å². The number of terminal acetylenes is 2. The number of amides is 8. The van der Waals surface area contributed by atoms with Crippen molar-refractivity contribution in [3.05, 3.63) is 23.8 Å². The average molecular weight is 867 g/mol. The van der Waals surface area contributed by atoms with E-state index in [4.69, 9.17) is 22.3 Å². The number of ether oxygens (including phenoxy) is 2. The molecule has 1 aliphatic rings. The summed E-state index contributed by atoms with van der Waals surface area (Å²) in [6.07, 6.45) is 8.77. The summed E-state index contributed by atoms with van der Waals surface area (Å²) >= 11 is 0. The topological polar surface area (TPSA) is 288 Å². The van der Waals surface area contributed by atoms with Crippen molar-refractivity contribution in [3.8, 4) is 30.4 Å². The van der Waals surface area contributed by atoms with Gasteiger partial charge in [0.15, 0.2) is 5.75 Å². The van der Waals surface area contributed by atoms with E-state index in [2.05, 4.69) is 31.9 Å². The monoisotopic (exact) mass is 866 g/mol. The number of nitrogens with zero attached hydrogens (tertiary/aromatic N) is 2. The summed E-state index contributed by atoms with van der Waals surface area (Å²) in [4.78, 5) is 129. The number of benzene rings is 1. The summed E-state index contributed by atoms with van der Waals surface area (Å²) in [6, 6.07) is -1.66. The second-order valence-electron chi connectivity index (χ2n) is 15.4. The average Bonchev–Trinajstić information content (AvgIpc) is 3.17. The van der Waals surface area contributed by atoms with Crippen LogP contribution in [0.25, 0.3) is 0 Å². The smallest absolute Gasteiger partial charge is 0.407 e. The Morgan fingerprint density at radius 2 is 1.31 bits per heavy atom. The summed E-state index contributed by atoms with van der Waals surface area (Å²) in [7, 11) is 0. The molecule has 0 bridgehead atoms. The van der Waals surface area contributed by atoms with Crippen molar-refractivity contribution in [1.29, 1.82) is 0 Å². The molecule has 2 rings (SSSR count). The first-order valence-electron chi connectivity index (χ1n) is 19.5. The maximum atomic E-state index is 13.5. The van der Waals surface area contributed by atoms with Gasteiger partial charge in [-0.3, -0.25) is 38.4 Å². The van der Waals surface area contributed by atoms with E-state index in [-0.39, 0.29) is 24.3 Å². The van der Waals surface area contributed by atoms with Gasteiger partial charge in [0.1, 0.15) is 29.8 Å². The lowest BCUT2D eigenvalue weighted by molar-refractivity contribution is -0.157. The summed E-state index contributed by atoms with van der Waals surface area (Å²) in [5.74, 6) is -5.78. The van der Waals surface area contributed by atoms with Gasteiger partial charge in [-0.25, -0.2) is 19.6 Å². The van der Waals surface area contributed by atoms with Crippen molar-refractivity contribution in [2.75, 3.05) is 18.4 Å². The van der Waals surface area contributed by atoms with Gasteiger partial charge >= 0.3 is 29.8 Å².